The van der Waals surface area contributed by atoms with Crippen molar-refractivity contribution in [3.8, 4) is 11.3 Å². The molecule has 3 nitrogen and oxygen atoms in total. The first-order chi connectivity index (χ1) is 8.56. The minimum Gasteiger partial charge on any atom is -0.313 e. The van der Waals surface area contributed by atoms with Crippen molar-refractivity contribution < 1.29 is 13.2 Å². The monoisotopic (exact) mass is 254 g/mol. The van der Waals surface area contributed by atoms with Crippen LogP contribution in [0, 0.1) is 17.5 Å². The third kappa shape index (κ3) is 1.90. The lowest BCUT2D eigenvalue weighted by Crippen LogP contribution is -2.14. The second kappa shape index (κ2) is 4.64. The molecule has 0 radical (unpaired) electrons. The zero-order valence-electron chi connectivity index (χ0n) is 9.43. The SMILES string of the molecule is CCc1c(-c2ccc(F)c(F)c2F)nc[nH]c1=O. The van der Waals surface area contributed by atoms with Gasteiger partial charge in [0, 0.05) is 11.1 Å². The Morgan fingerprint density at radius 3 is 2.61 bits per heavy atom. The molecule has 0 bridgehead atoms. The van der Waals surface area contributed by atoms with Crippen LogP contribution in [0.25, 0.3) is 11.3 Å². The number of halogens is 3. The maximum Gasteiger partial charge on any atom is 0.254 e. The Morgan fingerprint density at radius 2 is 1.94 bits per heavy atom. The van der Waals surface area contributed by atoms with E-state index >= 15 is 0 Å². The van der Waals surface area contributed by atoms with Crippen molar-refractivity contribution in [1.29, 1.82) is 0 Å². The molecule has 1 aromatic heterocycles. The summed E-state index contributed by atoms with van der Waals surface area (Å²) in [6.07, 6.45) is 1.40. The molecule has 0 unspecified atom stereocenters. The molecule has 6 heteroatoms. The van der Waals surface area contributed by atoms with Crippen LogP contribution >= 0.6 is 0 Å². The molecule has 2 rings (SSSR count). The number of H-pyrrole nitrogens is 1. The zero-order valence-corrected chi connectivity index (χ0v) is 9.43. The summed E-state index contributed by atoms with van der Waals surface area (Å²) in [5, 5.41) is 0. The van der Waals surface area contributed by atoms with E-state index in [-0.39, 0.29) is 16.8 Å². The van der Waals surface area contributed by atoms with Crippen molar-refractivity contribution in [3.05, 3.63) is 51.8 Å². The number of nitrogens with one attached hydrogen (secondary N) is 1. The summed E-state index contributed by atoms with van der Waals surface area (Å²) in [6.45, 7) is 1.69. The number of hydrogen-bond acceptors (Lipinski definition) is 2. The number of aromatic nitrogens is 2. The Labute approximate surface area is 100 Å². The second-order valence-electron chi connectivity index (χ2n) is 3.64. The average molecular weight is 254 g/mol. The summed E-state index contributed by atoms with van der Waals surface area (Å²) in [5.74, 6) is -4.20. The molecule has 0 atom stereocenters. The van der Waals surface area contributed by atoms with Crippen molar-refractivity contribution in [1.82, 2.24) is 9.97 Å². The second-order valence-corrected chi connectivity index (χ2v) is 3.64. The molecule has 0 fully saturated rings. The summed E-state index contributed by atoms with van der Waals surface area (Å²) >= 11 is 0. The Morgan fingerprint density at radius 1 is 1.22 bits per heavy atom. The van der Waals surface area contributed by atoms with E-state index < -0.39 is 23.0 Å². The first kappa shape index (κ1) is 12.3. The van der Waals surface area contributed by atoms with E-state index in [4.69, 9.17) is 0 Å². The predicted octanol–water partition coefficient (Wildman–Crippen LogP) is 2.42. The maximum absolute atomic E-state index is 13.6. The van der Waals surface area contributed by atoms with Gasteiger partial charge in [0.25, 0.3) is 5.56 Å². The van der Waals surface area contributed by atoms with E-state index in [9.17, 15) is 18.0 Å². The molecule has 0 aliphatic carbocycles. The van der Waals surface area contributed by atoms with E-state index in [1.54, 1.807) is 6.92 Å². The largest absolute Gasteiger partial charge is 0.313 e. The Hall–Kier alpha value is -2.11. The highest BCUT2D eigenvalue weighted by atomic mass is 19.2. The molecule has 1 heterocycles. The molecule has 94 valence electrons. The molecule has 0 aliphatic rings. The maximum atomic E-state index is 13.6. The standard InChI is InChI=1S/C12H9F3N2O/c1-2-6-11(16-5-17-12(6)18)7-3-4-8(13)10(15)9(7)14/h3-5H,2H2,1H3,(H,16,17,18). The third-order valence-electron chi connectivity index (χ3n) is 2.59. The summed E-state index contributed by atoms with van der Waals surface area (Å²) < 4.78 is 39.6. The van der Waals surface area contributed by atoms with Gasteiger partial charge in [-0.1, -0.05) is 6.92 Å². The van der Waals surface area contributed by atoms with E-state index in [2.05, 4.69) is 9.97 Å². The van der Waals surface area contributed by atoms with Crippen LogP contribution in [0.4, 0.5) is 13.2 Å². The predicted molar refractivity (Wildman–Crippen MR) is 59.5 cm³/mol. The average Bonchev–Trinajstić information content (AvgIpc) is 2.36. The van der Waals surface area contributed by atoms with Crippen LogP contribution in [-0.4, -0.2) is 9.97 Å². The Kier molecular flexibility index (Phi) is 3.18. The molecule has 0 aliphatic heterocycles. The Balaban J connectivity index is 2.74. The zero-order chi connectivity index (χ0) is 13.3. The van der Waals surface area contributed by atoms with Crippen LogP contribution in [-0.2, 0) is 6.42 Å². The molecule has 0 spiro atoms. The molecule has 0 amide bonds. The number of hydrogen-bond donors (Lipinski definition) is 1. The molecule has 0 saturated heterocycles. The molecule has 1 aromatic carbocycles. The van der Waals surface area contributed by atoms with Gasteiger partial charge in [-0.05, 0) is 18.6 Å². The fourth-order valence-electron chi connectivity index (χ4n) is 1.70. The third-order valence-corrected chi connectivity index (χ3v) is 2.59. The van der Waals surface area contributed by atoms with Gasteiger partial charge in [-0.3, -0.25) is 4.79 Å². The van der Waals surface area contributed by atoms with E-state index in [0.29, 0.717) is 6.42 Å². The molecule has 2 aromatic rings. The van der Waals surface area contributed by atoms with Crippen molar-refractivity contribution in [2.24, 2.45) is 0 Å². The lowest BCUT2D eigenvalue weighted by atomic mass is 10.0. The van der Waals surface area contributed by atoms with Gasteiger partial charge in [-0.15, -0.1) is 0 Å². The van der Waals surface area contributed by atoms with Crippen molar-refractivity contribution in [2.45, 2.75) is 13.3 Å². The highest BCUT2D eigenvalue weighted by Crippen LogP contribution is 2.25. The summed E-state index contributed by atoms with van der Waals surface area (Å²) in [7, 11) is 0. The van der Waals surface area contributed by atoms with Crippen LogP contribution in [0.2, 0.25) is 0 Å². The summed E-state index contributed by atoms with van der Waals surface area (Å²) in [4.78, 5) is 17.7. The highest BCUT2D eigenvalue weighted by molar-refractivity contribution is 5.63. The minimum absolute atomic E-state index is 0.0256. The lowest BCUT2D eigenvalue weighted by Gasteiger charge is -2.07. The van der Waals surface area contributed by atoms with E-state index in [1.807, 2.05) is 0 Å². The normalized spacial score (nSPS) is 10.7. The van der Waals surface area contributed by atoms with Crippen LogP contribution in [0.15, 0.2) is 23.3 Å². The van der Waals surface area contributed by atoms with Gasteiger partial charge in [0.05, 0.1) is 12.0 Å². The lowest BCUT2D eigenvalue weighted by molar-refractivity contribution is 0.448. The molecule has 18 heavy (non-hydrogen) atoms. The number of nitrogens with zero attached hydrogens (tertiary/aromatic N) is 1. The van der Waals surface area contributed by atoms with Gasteiger partial charge < -0.3 is 4.98 Å². The number of benzene rings is 1. The quantitative estimate of drug-likeness (QED) is 0.836. The highest BCUT2D eigenvalue weighted by Gasteiger charge is 2.18. The van der Waals surface area contributed by atoms with Gasteiger partial charge in [0.1, 0.15) is 0 Å². The Bertz CT molecular complexity index is 652. The fourth-order valence-corrected chi connectivity index (χ4v) is 1.70. The van der Waals surface area contributed by atoms with Gasteiger partial charge in [0.15, 0.2) is 17.5 Å². The van der Waals surface area contributed by atoms with Crippen molar-refractivity contribution in [3.63, 3.8) is 0 Å². The van der Waals surface area contributed by atoms with E-state index in [0.717, 1.165) is 18.5 Å². The van der Waals surface area contributed by atoms with E-state index in [1.165, 1.54) is 0 Å². The minimum atomic E-state index is -1.57. The van der Waals surface area contributed by atoms with Crippen molar-refractivity contribution >= 4 is 0 Å². The van der Waals surface area contributed by atoms with Crippen LogP contribution in [0.1, 0.15) is 12.5 Å². The molecule has 0 saturated carbocycles. The van der Waals surface area contributed by atoms with Gasteiger partial charge >= 0.3 is 0 Å². The first-order valence-electron chi connectivity index (χ1n) is 5.26. The molecular weight excluding hydrogens is 245 g/mol. The van der Waals surface area contributed by atoms with Crippen molar-refractivity contribution in [2.75, 3.05) is 0 Å². The first-order valence-corrected chi connectivity index (χ1v) is 5.26. The van der Waals surface area contributed by atoms with Crippen LogP contribution < -0.4 is 5.56 Å². The van der Waals surface area contributed by atoms with Crippen LogP contribution in [0.5, 0.6) is 0 Å². The number of rotatable bonds is 2. The van der Waals surface area contributed by atoms with Gasteiger partial charge in [-0.25, -0.2) is 18.2 Å². The van der Waals surface area contributed by atoms with Gasteiger partial charge in [-0.2, -0.15) is 0 Å². The summed E-state index contributed by atoms with van der Waals surface area (Å²) in [6, 6.07) is 1.87. The fraction of sp³-hybridized carbons (Fsp3) is 0.167. The van der Waals surface area contributed by atoms with Gasteiger partial charge in [0.2, 0.25) is 0 Å². The molecule has 1 N–H and O–H groups in total. The topological polar surface area (TPSA) is 45.8 Å². The smallest absolute Gasteiger partial charge is 0.254 e. The molecular formula is C12H9F3N2O. The van der Waals surface area contributed by atoms with Crippen LogP contribution in [0.3, 0.4) is 0 Å². The summed E-state index contributed by atoms with van der Waals surface area (Å²) in [5.41, 5.74) is -0.399. The number of aromatic amines is 1.